The van der Waals surface area contributed by atoms with Gasteiger partial charge in [0.1, 0.15) is 0 Å². The van der Waals surface area contributed by atoms with E-state index in [2.05, 4.69) is 4.90 Å². The molecule has 0 aliphatic carbocycles. The summed E-state index contributed by atoms with van der Waals surface area (Å²) in [6.45, 7) is 4.34. The minimum absolute atomic E-state index is 0.0416. The third-order valence-electron chi connectivity index (χ3n) is 4.67. The fraction of sp³-hybridized carbons (Fsp3) is 0.929. The standard InChI is InChI=1S/C14H27N3O3S/c1-2-17(13-6-8-21(19,20)11-13)14(18)10-16-7-4-3-5-12(16)9-15/h12-13H,2-11,15H2,1H3. The van der Waals surface area contributed by atoms with E-state index in [1.807, 2.05) is 6.92 Å². The summed E-state index contributed by atoms with van der Waals surface area (Å²) in [6, 6.07) is 0.141. The highest BCUT2D eigenvalue weighted by molar-refractivity contribution is 7.91. The first-order valence-electron chi connectivity index (χ1n) is 7.91. The highest BCUT2D eigenvalue weighted by Gasteiger charge is 2.35. The van der Waals surface area contributed by atoms with Crippen LogP contribution in [-0.2, 0) is 14.6 Å². The van der Waals surface area contributed by atoms with Crippen molar-refractivity contribution in [3.63, 3.8) is 0 Å². The largest absolute Gasteiger partial charge is 0.338 e. The quantitative estimate of drug-likeness (QED) is 0.761. The zero-order chi connectivity index (χ0) is 15.5. The van der Waals surface area contributed by atoms with Crippen molar-refractivity contribution in [2.45, 2.75) is 44.7 Å². The van der Waals surface area contributed by atoms with Crippen molar-refractivity contribution in [2.75, 3.05) is 37.7 Å². The van der Waals surface area contributed by atoms with Crippen LogP contribution in [0.3, 0.4) is 0 Å². The Morgan fingerprint density at radius 2 is 2.10 bits per heavy atom. The summed E-state index contributed by atoms with van der Waals surface area (Å²) in [7, 11) is -2.96. The topological polar surface area (TPSA) is 83.7 Å². The van der Waals surface area contributed by atoms with Crippen LogP contribution in [0.4, 0.5) is 0 Å². The number of hydrogen-bond acceptors (Lipinski definition) is 5. The van der Waals surface area contributed by atoms with Crippen LogP contribution in [0.15, 0.2) is 0 Å². The van der Waals surface area contributed by atoms with Gasteiger partial charge in [-0.25, -0.2) is 8.42 Å². The van der Waals surface area contributed by atoms with Gasteiger partial charge in [-0.3, -0.25) is 9.69 Å². The molecule has 21 heavy (non-hydrogen) atoms. The maximum absolute atomic E-state index is 12.6. The molecular formula is C14H27N3O3S. The van der Waals surface area contributed by atoms with E-state index in [9.17, 15) is 13.2 Å². The van der Waals surface area contributed by atoms with E-state index < -0.39 is 9.84 Å². The summed E-state index contributed by atoms with van der Waals surface area (Å²) in [6.07, 6.45) is 3.90. The number of nitrogens with zero attached hydrogens (tertiary/aromatic N) is 2. The van der Waals surface area contributed by atoms with Crippen molar-refractivity contribution in [1.82, 2.24) is 9.80 Å². The molecule has 1 amide bonds. The molecule has 2 heterocycles. The number of nitrogens with two attached hydrogens (primary N) is 1. The highest BCUT2D eigenvalue weighted by atomic mass is 32.2. The van der Waals surface area contributed by atoms with Crippen LogP contribution in [0.5, 0.6) is 0 Å². The predicted molar refractivity (Wildman–Crippen MR) is 82.7 cm³/mol. The molecule has 7 heteroatoms. The molecule has 0 saturated carbocycles. The average Bonchev–Trinajstić information content (AvgIpc) is 2.80. The Labute approximate surface area is 127 Å². The minimum Gasteiger partial charge on any atom is -0.338 e. The van der Waals surface area contributed by atoms with Crippen molar-refractivity contribution < 1.29 is 13.2 Å². The monoisotopic (exact) mass is 317 g/mol. The van der Waals surface area contributed by atoms with Crippen LogP contribution in [0.2, 0.25) is 0 Å². The molecule has 2 N–H and O–H groups in total. The zero-order valence-corrected chi connectivity index (χ0v) is 13.6. The Balaban J connectivity index is 1.97. The molecule has 2 unspecified atom stereocenters. The summed E-state index contributed by atoms with van der Waals surface area (Å²) in [5, 5.41) is 0. The second-order valence-corrected chi connectivity index (χ2v) is 8.32. The first-order chi connectivity index (χ1) is 9.96. The number of piperidine rings is 1. The lowest BCUT2D eigenvalue weighted by Crippen LogP contribution is -2.51. The van der Waals surface area contributed by atoms with Crippen LogP contribution >= 0.6 is 0 Å². The Bertz CT molecular complexity index is 466. The highest BCUT2D eigenvalue weighted by Crippen LogP contribution is 2.20. The number of amides is 1. The van der Waals surface area contributed by atoms with Crippen molar-refractivity contribution in [2.24, 2.45) is 5.73 Å². The van der Waals surface area contributed by atoms with E-state index in [0.29, 0.717) is 26.1 Å². The first kappa shape index (κ1) is 16.7. The Hall–Kier alpha value is -0.660. The maximum Gasteiger partial charge on any atom is 0.237 e. The van der Waals surface area contributed by atoms with E-state index >= 15 is 0 Å². The van der Waals surface area contributed by atoms with Crippen LogP contribution in [0.1, 0.15) is 32.6 Å². The molecule has 2 aliphatic heterocycles. The number of carbonyl (C=O) groups is 1. The van der Waals surface area contributed by atoms with Crippen molar-refractivity contribution in [3.8, 4) is 0 Å². The Morgan fingerprint density at radius 3 is 2.67 bits per heavy atom. The second kappa shape index (κ2) is 7.07. The summed E-state index contributed by atoms with van der Waals surface area (Å²) in [5.41, 5.74) is 5.79. The fourth-order valence-electron chi connectivity index (χ4n) is 3.46. The number of likely N-dealkylation sites (N-methyl/N-ethyl adjacent to an activating group) is 1. The molecule has 0 aromatic rings. The average molecular weight is 317 g/mol. The van der Waals surface area contributed by atoms with E-state index in [-0.39, 0.29) is 29.5 Å². The molecule has 0 aromatic heterocycles. The molecule has 0 bridgehead atoms. The molecule has 2 fully saturated rings. The van der Waals surface area contributed by atoms with Gasteiger partial charge < -0.3 is 10.6 Å². The molecule has 0 radical (unpaired) electrons. The van der Waals surface area contributed by atoms with Crippen molar-refractivity contribution in [3.05, 3.63) is 0 Å². The maximum atomic E-state index is 12.6. The number of rotatable bonds is 5. The number of hydrogen-bond donors (Lipinski definition) is 1. The van der Waals surface area contributed by atoms with Crippen molar-refractivity contribution in [1.29, 1.82) is 0 Å². The SMILES string of the molecule is CCN(C(=O)CN1CCCCC1CN)C1CCS(=O)(=O)C1. The number of carbonyl (C=O) groups excluding carboxylic acids is 1. The number of sulfone groups is 1. The smallest absolute Gasteiger partial charge is 0.237 e. The Kier molecular flexibility index (Phi) is 5.62. The lowest BCUT2D eigenvalue weighted by atomic mass is 10.0. The molecule has 0 aromatic carbocycles. The molecule has 2 saturated heterocycles. The fourth-order valence-corrected chi connectivity index (χ4v) is 5.19. The van der Waals surface area contributed by atoms with Gasteiger partial charge in [-0.05, 0) is 32.7 Å². The summed E-state index contributed by atoms with van der Waals surface area (Å²) >= 11 is 0. The molecule has 0 spiro atoms. The van der Waals surface area contributed by atoms with E-state index in [1.165, 1.54) is 6.42 Å². The van der Waals surface area contributed by atoms with Crippen LogP contribution in [0.25, 0.3) is 0 Å². The summed E-state index contributed by atoms with van der Waals surface area (Å²) < 4.78 is 23.2. The second-order valence-electron chi connectivity index (χ2n) is 6.09. The lowest BCUT2D eigenvalue weighted by molar-refractivity contribution is -0.135. The van der Waals surface area contributed by atoms with Crippen LogP contribution in [0, 0.1) is 0 Å². The summed E-state index contributed by atoms with van der Waals surface area (Å²) in [4.78, 5) is 16.5. The molecule has 2 aliphatic rings. The van der Waals surface area contributed by atoms with E-state index in [0.717, 1.165) is 19.4 Å². The molecule has 2 rings (SSSR count). The van der Waals surface area contributed by atoms with Gasteiger partial charge in [0.25, 0.3) is 0 Å². The van der Waals surface area contributed by atoms with Crippen LogP contribution < -0.4 is 5.73 Å². The van der Waals surface area contributed by atoms with Gasteiger partial charge in [-0.15, -0.1) is 0 Å². The zero-order valence-electron chi connectivity index (χ0n) is 12.8. The third-order valence-corrected chi connectivity index (χ3v) is 6.42. The Morgan fingerprint density at radius 1 is 1.33 bits per heavy atom. The molecule has 6 nitrogen and oxygen atoms in total. The van der Waals surface area contributed by atoms with Gasteiger partial charge in [0.05, 0.1) is 18.1 Å². The minimum atomic E-state index is -2.96. The van der Waals surface area contributed by atoms with Gasteiger partial charge in [-0.2, -0.15) is 0 Å². The number of likely N-dealkylation sites (tertiary alicyclic amines) is 1. The van der Waals surface area contributed by atoms with Gasteiger partial charge in [-0.1, -0.05) is 6.42 Å². The normalized spacial score (nSPS) is 29.4. The van der Waals surface area contributed by atoms with Gasteiger partial charge in [0.2, 0.25) is 5.91 Å². The van der Waals surface area contributed by atoms with Crippen LogP contribution in [-0.4, -0.2) is 73.9 Å². The van der Waals surface area contributed by atoms with E-state index in [1.54, 1.807) is 4.90 Å². The van der Waals surface area contributed by atoms with Gasteiger partial charge in [0.15, 0.2) is 9.84 Å². The molecule has 2 atom stereocenters. The third kappa shape index (κ3) is 4.17. The van der Waals surface area contributed by atoms with Gasteiger partial charge in [0, 0.05) is 25.2 Å². The first-order valence-corrected chi connectivity index (χ1v) is 9.73. The molecule has 122 valence electrons. The summed E-state index contributed by atoms with van der Waals surface area (Å²) in [5.74, 6) is 0.365. The van der Waals surface area contributed by atoms with E-state index in [4.69, 9.17) is 5.73 Å². The lowest BCUT2D eigenvalue weighted by Gasteiger charge is -2.36. The van der Waals surface area contributed by atoms with Crippen molar-refractivity contribution >= 4 is 15.7 Å². The predicted octanol–water partition coefficient (Wildman–Crippen LogP) is -0.165. The molecular weight excluding hydrogens is 290 g/mol. The van der Waals surface area contributed by atoms with Gasteiger partial charge >= 0.3 is 0 Å².